The quantitative estimate of drug-likeness (QED) is 0.110. The Kier molecular flexibility index (Phi) is 16.1. The van der Waals surface area contributed by atoms with Crippen molar-refractivity contribution in [2.24, 2.45) is 5.73 Å². The molecule has 0 aliphatic carbocycles. The Labute approximate surface area is 308 Å². The number of hydrogen-bond donors (Lipinski definition) is 8. The van der Waals surface area contributed by atoms with Crippen LogP contribution in [-0.2, 0) is 29.0 Å². The predicted molar refractivity (Wildman–Crippen MR) is 204 cm³/mol. The Balaban J connectivity index is 1.02. The lowest BCUT2D eigenvalue weighted by Gasteiger charge is -2.37. The number of rotatable bonds is 14. The number of aromatic nitrogens is 4. The molecule has 0 radical (unpaired) electrons. The number of carbonyl (C=O) groups excluding carboxylic acids is 2. The Bertz CT molecular complexity index is 1450. The number of nitrogens with zero attached hydrogens (tertiary/aromatic N) is 4. The third-order valence-electron chi connectivity index (χ3n) is 9.86. The van der Waals surface area contributed by atoms with E-state index in [1.807, 2.05) is 24.3 Å². The maximum Gasteiger partial charge on any atom is 0.203 e. The van der Waals surface area contributed by atoms with E-state index in [-0.39, 0.29) is 22.6 Å². The first-order valence-electron chi connectivity index (χ1n) is 18.9. The molecule has 6 rings (SSSR count). The van der Waals surface area contributed by atoms with Crippen LogP contribution in [-0.4, -0.2) is 122 Å². The first-order chi connectivity index (χ1) is 25.4. The number of carbonyl (C=O) groups is 2. The second kappa shape index (κ2) is 21.2. The summed E-state index contributed by atoms with van der Waals surface area (Å²) in [6.07, 6.45) is 5.10. The van der Waals surface area contributed by atoms with E-state index in [2.05, 4.69) is 81.9 Å². The number of benzene rings is 2. The number of Topliss-reactive ketones (excluding diaryl/α,β-unsaturated/α-hetero) is 2. The average Bonchev–Trinajstić information content (AvgIpc) is 3.17. The van der Waals surface area contributed by atoms with Gasteiger partial charge < -0.3 is 43.0 Å². The highest BCUT2D eigenvalue weighted by atomic mass is 16.1. The molecule has 4 heterocycles. The molecule has 3 saturated heterocycles. The van der Waals surface area contributed by atoms with Crippen molar-refractivity contribution in [1.29, 1.82) is 0 Å². The Hall–Kier alpha value is -3.60. The number of hydrogen-bond acceptors (Lipinski definition) is 14. The van der Waals surface area contributed by atoms with Gasteiger partial charge in [0.25, 0.3) is 0 Å². The number of fused-ring (bicyclic) bond motifs is 15. The second-order valence-corrected chi connectivity index (χ2v) is 14.4. The molecule has 52 heavy (non-hydrogen) atoms. The smallest absolute Gasteiger partial charge is 0.203 e. The summed E-state index contributed by atoms with van der Waals surface area (Å²) in [5.41, 5.74) is 10.5. The molecule has 3 aromatic rings. The van der Waals surface area contributed by atoms with Gasteiger partial charge in [0, 0.05) is 116 Å². The number of nitrogens with two attached hydrogens (primary N) is 1. The molecule has 282 valence electrons. The van der Waals surface area contributed by atoms with Crippen molar-refractivity contribution in [2.45, 2.75) is 62.6 Å². The monoisotopic (exact) mass is 714 g/mol. The molecule has 0 amide bonds. The van der Waals surface area contributed by atoms with Crippen LogP contribution in [0.15, 0.2) is 54.9 Å². The number of aryl methyl sites for hydroxylation is 2. The molecule has 0 atom stereocenters. The zero-order valence-electron chi connectivity index (χ0n) is 30.5. The fourth-order valence-corrected chi connectivity index (χ4v) is 6.64. The zero-order valence-corrected chi connectivity index (χ0v) is 30.5. The van der Waals surface area contributed by atoms with Gasteiger partial charge in [0.15, 0.2) is 6.33 Å². The summed E-state index contributed by atoms with van der Waals surface area (Å²) in [4.78, 5) is 25.1. The van der Waals surface area contributed by atoms with Crippen molar-refractivity contribution in [1.82, 2.24) is 57.6 Å². The van der Waals surface area contributed by atoms with Crippen LogP contribution >= 0.6 is 0 Å². The highest BCUT2D eigenvalue weighted by Gasteiger charge is 2.30. The molecule has 2 aromatic carbocycles. The van der Waals surface area contributed by atoms with Gasteiger partial charge in [0.1, 0.15) is 11.6 Å². The number of ketones is 2. The van der Waals surface area contributed by atoms with Crippen molar-refractivity contribution in [3.8, 4) is 11.4 Å². The third kappa shape index (κ3) is 13.7. The minimum absolute atomic E-state index is 0.182. The normalized spacial score (nSPS) is 22.3. The summed E-state index contributed by atoms with van der Waals surface area (Å²) in [7, 11) is 0. The molecule has 1 aromatic heterocycles. The van der Waals surface area contributed by atoms with Gasteiger partial charge in [0.2, 0.25) is 5.82 Å². The molecule has 0 spiro atoms. The van der Waals surface area contributed by atoms with E-state index >= 15 is 0 Å². The van der Waals surface area contributed by atoms with Crippen LogP contribution in [0.25, 0.3) is 11.4 Å². The molecule has 0 unspecified atom stereocenters. The summed E-state index contributed by atoms with van der Waals surface area (Å²) in [6.45, 7) is 10.7. The molecule has 3 fully saturated rings. The van der Waals surface area contributed by atoms with Crippen molar-refractivity contribution in [3.63, 3.8) is 0 Å². The second-order valence-electron chi connectivity index (χ2n) is 14.4. The lowest BCUT2D eigenvalue weighted by molar-refractivity contribution is -0.120. The van der Waals surface area contributed by atoms with E-state index in [1.54, 1.807) is 0 Å². The minimum Gasteiger partial charge on any atom is -0.322 e. The largest absolute Gasteiger partial charge is 0.322 e. The molecule has 0 saturated carbocycles. The summed E-state index contributed by atoms with van der Waals surface area (Å²) in [6, 6.07) is 16.4. The van der Waals surface area contributed by atoms with Crippen LogP contribution in [0.2, 0.25) is 0 Å². The zero-order chi connectivity index (χ0) is 36.3. The highest BCUT2D eigenvalue weighted by molar-refractivity contribution is 5.81. The Morgan fingerprint density at radius 3 is 1.50 bits per heavy atom. The predicted octanol–water partition coefficient (Wildman–Crippen LogP) is -0.102. The summed E-state index contributed by atoms with van der Waals surface area (Å²) in [5, 5.41) is 41.0. The summed E-state index contributed by atoms with van der Waals surface area (Å²) < 4.78 is 0. The van der Waals surface area contributed by atoms with Gasteiger partial charge in [-0.1, -0.05) is 48.5 Å². The van der Waals surface area contributed by atoms with Crippen LogP contribution in [0, 0.1) is 0 Å². The third-order valence-corrected chi connectivity index (χ3v) is 9.86. The molecular weight excluding hydrogens is 656 g/mol. The van der Waals surface area contributed by atoms with Crippen LogP contribution in [0.1, 0.15) is 48.8 Å². The van der Waals surface area contributed by atoms with E-state index in [1.165, 1.54) is 11.9 Å². The molecule has 9 N–H and O–H groups in total. The first kappa shape index (κ1) is 39.6. The first-order valence-corrected chi connectivity index (χ1v) is 18.9. The van der Waals surface area contributed by atoms with Crippen LogP contribution in [0.3, 0.4) is 0 Å². The van der Waals surface area contributed by atoms with E-state index in [0.717, 1.165) is 102 Å². The fourth-order valence-electron chi connectivity index (χ4n) is 6.64. The molecule has 14 heteroatoms. The van der Waals surface area contributed by atoms with Gasteiger partial charge in [-0.3, -0.25) is 9.59 Å². The lowest BCUT2D eigenvalue weighted by atomic mass is 9.97. The van der Waals surface area contributed by atoms with E-state index < -0.39 is 0 Å². The maximum absolute atomic E-state index is 12.6. The summed E-state index contributed by atoms with van der Waals surface area (Å²) in [5.74, 6) is 0.865. The van der Waals surface area contributed by atoms with E-state index in [0.29, 0.717) is 50.8 Å². The van der Waals surface area contributed by atoms with E-state index in [9.17, 15) is 9.59 Å². The van der Waals surface area contributed by atoms with E-state index in [4.69, 9.17) is 5.73 Å². The van der Waals surface area contributed by atoms with Crippen molar-refractivity contribution < 1.29 is 9.59 Å². The topological polar surface area (TPSA) is 196 Å². The molecular formula is C38H58N12O2. The van der Waals surface area contributed by atoms with Crippen LogP contribution in [0.5, 0.6) is 0 Å². The molecule has 14 nitrogen and oxygen atoms in total. The fraction of sp³-hybridized carbons (Fsp3) is 0.579. The van der Waals surface area contributed by atoms with Gasteiger partial charge >= 0.3 is 0 Å². The van der Waals surface area contributed by atoms with Gasteiger partial charge in [-0.05, 0) is 36.0 Å². The van der Waals surface area contributed by atoms with Gasteiger partial charge in [0.05, 0.1) is 11.1 Å². The highest BCUT2D eigenvalue weighted by Crippen LogP contribution is 2.16. The van der Waals surface area contributed by atoms with Crippen molar-refractivity contribution >= 4 is 11.6 Å². The molecule has 3 aliphatic rings. The SMILES string of the molecule is NC12CNCCNCC(NCc3ccc(CCC(=O)CCCC(=O)CCc4ccc(-c5nncnn5)cc4)cc3)(CNCCNC1)CNCCNC2. The van der Waals surface area contributed by atoms with Crippen LogP contribution < -0.4 is 43.0 Å². The van der Waals surface area contributed by atoms with Gasteiger partial charge in [-0.2, -0.15) is 0 Å². The average molecular weight is 715 g/mol. The molecule has 3 aliphatic heterocycles. The van der Waals surface area contributed by atoms with Gasteiger partial charge in [-0.25, -0.2) is 0 Å². The standard InChI is InChI=1S/C38H58N12O2/c39-37-23-40-16-19-43-26-38(27-44-20-17-41-24-37,28-45-21-18-42-25-37)46-22-32-6-4-30(5-7-32)10-14-34(51)2-1-3-35(52)15-11-31-8-12-33(13-9-31)36-49-47-29-48-50-36/h4-9,12-13,29,40-46H,1-3,10-11,14-28,39H2. The maximum atomic E-state index is 12.6. The van der Waals surface area contributed by atoms with Crippen molar-refractivity contribution in [3.05, 3.63) is 71.5 Å². The van der Waals surface area contributed by atoms with Crippen LogP contribution in [0.4, 0.5) is 0 Å². The molecule has 2 bridgehead atoms. The lowest BCUT2D eigenvalue weighted by Crippen LogP contribution is -2.66. The van der Waals surface area contributed by atoms with Gasteiger partial charge in [-0.15, -0.1) is 20.4 Å². The minimum atomic E-state index is -0.333. The summed E-state index contributed by atoms with van der Waals surface area (Å²) >= 11 is 0. The number of nitrogens with one attached hydrogen (secondary N) is 7. The van der Waals surface area contributed by atoms with Crippen molar-refractivity contribution in [2.75, 3.05) is 78.5 Å². The Morgan fingerprint density at radius 2 is 1.02 bits per heavy atom. The Morgan fingerprint density at radius 1 is 0.596 bits per heavy atom.